The summed E-state index contributed by atoms with van der Waals surface area (Å²) >= 11 is 0. The lowest BCUT2D eigenvalue weighted by Gasteiger charge is -2.21. The summed E-state index contributed by atoms with van der Waals surface area (Å²) in [4.78, 5) is 0. The van der Waals surface area contributed by atoms with Crippen LogP contribution in [0, 0.1) is 5.92 Å². The molecule has 0 aromatic heterocycles. The number of rotatable bonds is 7. The standard InChI is InChI=1S/C13H27NO2/c1-11(10-14-7-8-15-4)9-12-5-6-13(2,3)16-12/h11-12,14H,5-10H2,1-4H3. The Morgan fingerprint density at radius 2 is 2.25 bits per heavy atom. The molecule has 1 aliphatic rings. The molecule has 1 aliphatic heterocycles. The van der Waals surface area contributed by atoms with Crippen molar-refractivity contribution in [3.8, 4) is 0 Å². The van der Waals surface area contributed by atoms with Gasteiger partial charge in [-0.05, 0) is 45.6 Å². The van der Waals surface area contributed by atoms with Crippen molar-refractivity contribution in [1.82, 2.24) is 5.32 Å². The summed E-state index contributed by atoms with van der Waals surface area (Å²) in [7, 11) is 1.74. The highest BCUT2D eigenvalue weighted by Gasteiger charge is 2.31. The Hall–Kier alpha value is -0.120. The monoisotopic (exact) mass is 229 g/mol. The highest BCUT2D eigenvalue weighted by Crippen LogP contribution is 2.32. The molecule has 0 amide bonds. The Labute approximate surface area is 99.9 Å². The Morgan fingerprint density at radius 3 is 2.81 bits per heavy atom. The first kappa shape index (κ1) is 13.9. The molecule has 2 atom stereocenters. The summed E-state index contributed by atoms with van der Waals surface area (Å²) in [6.07, 6.45) is 4.05. The third-order valence-electron chi connectivity index (χ3n) is 3.20. The van der Waals surface area contributed by atoms with E-state index < -0.39 is 0 Å². The van der Waals surface area contributed by atoms with Crippen LogP contribution in [0.4, 0.5) is 0 Å². The summed E-state index contributed by atoms with van der Waals surface area (Å²) < 4.78 is 11.0. The van der Waals surface area contributed by atoms with Gasteiger partial charge in [0.2, 0.25) is 0 Å². The average Bonchev–Trinajstić information content (AvgIpc) is 2.53. The van der Waals surface area contributed by atoms with Crippen LogP contribution < -0.4 is 5.32 Å². The summed E-state index contributed by atoms with van der Waals surface area (Å²) in [5.41, 5.74) is 0.105. The first-order chi connectivity index (χ1) is 7.53. The minimum atomic E-state index is 0.105. The first-order valence-electron chi connectivity index (χ1n) is 6.41. The van der Waals surface area contributed by atoms with Crippen molar-refractivity contribution < 1.29 is 9.47 Å². The van der Waals surface area contributed by atoms with Crippen molar-refractivity contribution in [2.24, 2.45) is 5.92 Å². The molecule has 0 aliphatic carbocycles. The van der Waals surface area contributed by atoms with Crippen molar-refractivity contribution in [1.29, 1.82) is 0 Å². The molecule has 1 fully saturated rings. The van der Waals surface area contributed by atoms with Crippen molar-refractivity contribution in [2.75, 3.05) is 26.8 Å². The Balaban J connectivity index is 2.08. The van der Waals surface area contributed by atoms with Crippen molar-refractivity contribution >= 4 is 0 Å². The zero-order chi connectivity index (χ0) is 12.0. The topological polar surface area (TPSA) is 30.5 Å². The largest absolute Gasteiger partial charge is 0.383 e. The predicted octanol–water partition coefficient (Wildman–Crippen LogP) is 2.21. The summed E-state index contributed by atoms with van der Waals surface area (Å²) in [6, 6.07) is 0. The molecule has 0 radical (unpaired) electrons. The van der Waals surface area contributed by atoms with Crippen molar-refractivity contribution in [3.63, 3.8) is 0 Å². The molecule has 3 nitrogen and oxygen atoms in total. The van der Waals surface area contributed by atoms with Gasteiger partial charge in [0, 0.05) is 13.7 Å². The highest BCUT2D eigenvalue weighted by atomic mass is 16.5. The maximum absolute atomic E-state index is 5.99. The molecule has 1 N–H and O–H groups in total. The number of hydrogen-bond donors (Lipinski definition) is 1. The van der Waals surface area contributed by atoms with Gasteiger partial charge in [-0.2, -0.15) is 0 Å². The average molecular weight is 229 g/mol. The molecule has 2 unspecified atom stereocenters. The van der Waals surface area contributed by atoms with E-state index in [0.717, 1.165) is 19.7 Å². The second kappa shape index (κ2) is 6.58. The predicted molar refractivity (Wildman–Crippen MR) is 66.7 cm³/mol. The van der Waals surface area contributed by atoms with Gasteiger partial charge in [-0.25, -0.2) is 0 Å². The maximum Gasteiger partial charge on any atom is 0.0631 e. The lowest BCUT2D eigenvalue weighted by molar-refractivity contribution is -0.0236. The number of nitrogens with one attached hydrogen (secondary N) is 1. The van der Waals surface area contributed by atoms with E-state index in [0.29, 0.717) is 12.0 Å². The number of methoxy groups -OCH3 is 1. The molecule has 0 spiro atoms. The highest BCUT2D eigenvalue weighted by molar-refractivity contribution is 4.81. The van der Waals surface area contributed by atoms with Gasteiger partial charge in [0.05, 0.1) is 18.3 Å². The molecule has 3 heteroatoms. The van der Waals surface area contributed by atoms with E-state index in [9.17, 15) is 0 Å². The van der Waals surface area contributed by atoms with E-state index >= 15 is 0 Å². The minimum absolute atomic E-state index is 0.105. The van der Waals surface area contributed by atoms with Crippen molar-refractivity contribution in [3.05, 3.63) is 0 Å². The number of ether oxygens (including phenoxy) is 2. The quantitative estimate of drug-likeness (QED) is 0.679. The van der Waals surface area contributed by atoms with Crippen LogP contribution in [0.3, 0.4) is 0 Å². The Bertz CT molecular complexity index is 194. The van der Waals surface area contributed by atoms with E-state index in [4.69, 9.17) is 9.47 Å². The minimum Gasteiger partial charge on any atom is -0.383 e. The summed E-state index contributed by atoms with van der Waals surface area (Å²) in [6.45, 7) is 9.46. The summed E-state index contributed by atoms with van der Waals surface area (Å²) in [5.74, 6) is 0.677. The third-order valence-corrected chi connectivity index (χ3v) is 3.20. The molecule has 1 heterocycles. The SMILES string of the molecule is COCCNCC(C)CC1CCC(C)(C)O1. The molecule has 0 aromatic rings. The molecular formula is C13H27NO2. The zero-order valence-corrected chi connectivity index (χ0v) is 11.2. The van der Waals surface area contributed by atoms with Crippen LogP contribution in [0.1, 0.15) is 40.0 Å². The van der Waals surface area contributed by atoms with Crippen LogP contribution in [-0.4, -0.2) is 38.5 Å². The van der Waals surface area contributed by atoms with Crippen LogP contribution >= 0.6 is 0 Å². The summed E-state index contributed by atoms with van der Waals surface area (Å²) in [5, 5.41) is 3.40. The molecule has 0 aromatic carbocycles. The van der Waals surface area contributed by atoms with Gasteiger partial charge >= 0.3 is 0 Å². The fraction of sp³-hybridized carbons (Fsp3) is 1.00. The van der Waals surface area contributed by atoms with Gasteiger partial charge in [-0.15, -0.1) is 0 Å². The van der Waals surface area contributed by atoms with Gasteiger partial charge in [0.1, 0.15) is 0 Å². The van der Waals surface area contributed by atoms with E-state index in [2.05, 4.69) is 26.1 Å². The molecule has 1 rings (SSSR count). The van der Waals surface area contributed by atoms with Crippen LogP contribution in [0.25, 0.3) is 0 Å². The van der Waals surface area contributed by atoms with E-state index in [-0.39, 0.29) is 5.60 Å². The van der Waals surface area contributed by atoms with E-state index in [1.54, 1.807) is 7.11 Å². The van der Waals surface area contributed by atoms with Gasteiger partial charge in [-0.3, -0.25) is 0 Å². The normalized spacial score (nSPS) is 25.9. The smallest absolute Gasteiger partial charge is 0.0631 e. The molecule has 96 valence electrons. The molecular weight excluding hydrogens is 202 g/mol. The van der Waals surface area contributed by atoms with Gasteiger partial charge in [0.25, 0.3) is 0 Å². The van der Waals surface area contributed by atoms with Crippen LogP contribution in [-0.2, 0) is 9.47 Å². The van der Waals surface area contributed by atoms with Gasteiger partial charge in [-0.1, -0.05) is 6.92 Å². The molecule has 1 saturated heterocycles. The van der Waals surface area contributed by atoms with Crippen molar-refractivity contribution in [2.45, 2.75) is 51.7 Å². The van der Waals surface area contributed by atoms with Gasteiger partial charge < -0.3 is 14.8 Å². The lowest BCUT2D eigenvalue weighted by atomic mass is 10.00. The number of hydrogen-bond acceptors (Lipinski definition) is 3. The first-order valence-corrected chi connectivity index (χ1v) is 6.41. The zero-order valence-electron chi connectivity index (χ0n) is 11.2. The Kier molecular flexibility index (Phi) is 5.73. The van der Waals surface area contributed by atoms with Gasteiger partial charge in [0.15, 0.2) is 0 Å². The molecule has 0 saturated carbocycles. The van der Waals surface area contributed by atoms with E-state index in [1.165, 1.54) is 19.3 Å². The Morgan fingerprint density at radius 1 is 1.50 bits per heavy atom. The van der Waals surface area contributed by atoms with Crippen LogP contribution in [0.2, 0.25) is 0 Å². The van der Waals surface area contributed by atoms with E-state index in [1.807, 2.05) is 0 Å². The second-order valence-corrected chi connectivity index (χ2v) is 5.58. The fourth-order valence-corrected chi connectivity index (χ4v) is 2.30. The third kappa shape index (κ3) is 5.28. The van der Waals surface area contributed by atoms with Crippen LogP contribution in [0.5, 0.6) is 0 Å². The molecule has 0 bridgehead atoms. The fourth-order valence-electron chi connectivity index (χ4n) is 2.30. The van der Waals surface area contributed by atoms with Crippen LogP contribution in [0.15, 0.2) is 0 Å². The molecule has 16 heavy (non-hydrogen) atoms. The lowest BCUT2D eigenvalue weighted by Crippen LogP contribution is -2.28. The maximum atomic E-state index is 5.99. The second-order valence-electron chi connectivity index (χ2n) is 5.58.